The normalized spacial score (nSPS) is 20.3. The second-order valence-electron chi connectivity index (χ2n) is 4.37. The highest BCUT2D eigenvalue weighted by Gasteiger charge is 2.15. The first-order chi connectivity index (χ1) is 7.16. The van der Waals surface area contributed by atoms with Crippen LogP contribution in [0.15, 0.2) is 29.3 Å². The van der Waals surface area contributed by atoms with E-state index in [1.54, 1.807) is 0 Å². The van der Waals surface area contributed by atoms with Gasteiger partial charge in [0.1, 0.15) is 6.61 Å². The molecule has 0 unspecified atom stereocenters. The molecular weight excluding hydrogens is 186 g/mol. The molecule has 2 heteroatoms. The van der Waals surface area contributed by atoms with Gasteiger partial charge in [-0.15, -0.1) is 0 Å². The summed E-state index contributed by atoms with van der Waals surface area (Å²) in [5.41, 5.74) is 2.44. The third-order valence-corrected chi connectivity index (χ3v) is 2.62. The van der Waals surface area contributed by atoms with Crippen molar-refractivity contribution in [3.05, 3.63) is 35.4 Å². The minimum absolute atomic E-state index is 0.296. The molecular formula is C13H17NO. The third kappa shape index (κ3) is 2.20. The summed E-state index contributed by atoms with van der Waals surface area (Å²) < 4.78 is 5.50. The van der Waals surface area contributed by atoms with E-state index < -0.39 is 0 Å². The highest BCUT2D eigenvalue weighted by molar-refractivity contribution is 5.95. The topological polar surface area (TPSA) is 21.6 Å². The first-order valence-corrected chi connectivity index (χ1v) is 5.47. The Morgan fingerprint density at radius 3 is 2.40 bits per heavy atom. The van der Waals surface area contributed by atoms with Crippen molar-refractivity contribution in [3.63, 3.8) is 0 Å². The Kier molecular flexibility index (Phi) is 2.76. The monoisotopic (exact) mass is 203 g/mol. The van der Waals surface area contributed by atoms with E-state index in [0.717, 1.165) is 11.5 Å². The van der Waals surface area contributed by atoms with Gasteiger partial charge in [0.15, 0.2) is 0 Å². The molecule has 0 radical (unpaired) electrons. The van der Waals surface area contributed by atoms with Crippen molar-refractivity contribution in [3.8, 4) is 0 Å². The Balaban J connectivity index is 2.20. The molecule has 2 nitrogen and oxygen atoms in total. The second-order valence-corrected chi connectivity index (χ2v) is 4.37. The van der Waals surface area contributed by atoms with Gasteiger partial charge in [-0.05, 0) is 30.5 Å². The molecule has 0 saturated heterocycles. The van der Waals surface area contributed by atoms with Crippen LogP contribution in [-0.4, -0.2) is 18.5 Å². The Morgan fingerprint density at radius 2 is 1.93 bits per heavy atom. The summed E-state index contributed by atoms with van der Waals surface area (Å²) >= 11 is 0. The van der Waals surface area contributed by atoms with E-state index in [-0.39, 0.29) is 0 Å². The Hall–Kier alpha value is -1.31. The molecule has 1 aliphatic rings. The van der Waals surface area contributed by atoms with Gasteiger partial charge in [0.2, 0.25) is 5.90 Å². The number of nitrogens with zero attached hydrogens (tertiary/aromatic N) is 1. The average molecular weight is 203 g/mol. The van der Waals surface area contributed by atoms with Crippen LogP contribution < -0.4 is 0 Å². The van der Waals surface area contributed by atoms with E-state index in [0.29, 0.717) is 18.6 Å². The minimum atomic E-state index is 0.296. The fourth-order valence-electron chi connectivity index (χ4n) is 1.64. The van der Waals surface area contributed by atoms with Crippen molar-refractivity contribution in [2.24, 2.45) is 4.99 Å². The smallest absolute Gasteiger partial charge is 0.216 e. The molecule has 0 aliphatic carbocycles. The van der Waals surface area contributed by atoms with Crippen LogP contribution in [0.5, 0.6) is 0 Å². The van der Waals surface area contributed by atoms with Gasteiger partial charge >= 0.3 is 0 Å². The lowest BCUT2D eigenvalue weighted by Gasteiger charge is -2.06. The molecule has 0 spiro atoms. The van der Waals surface area contributed by atoms with E-state index in [1.807, 2.05) is 0 Å². The molecule has 2 rings (SSSR count). The van der Waals surface area contributed by atoms with Gasteiger partial charge in [0.05, 0.1) is 6.04 Å². The first-order valence-electron chi connectivity index (χ1n) is 5.47. The zero-order valence-electron chi connectivity index (χ0n) is 9.53. The van der Waals surface area contributed by atoms with Crippen LogP contribution in [0.4, 0.5) is 0 Å². The van der Waals surface area contributed by atoms with Gasteiger partial charge in [0.25, 0.3) is 0 Å². The van der Waals surface area contributed by atoms with Crippen molar-refractivity contribution < 1.29 is 4.74 Å². The van der Waals surface area contributed by atoms with Gasteiger partial charge in [-0.2, -0.15) is 0 Å². The van der Waals surface area contributed by atoms with Crippen molar-refractivity contribution in [1.29, 1.82) is 0 Å². The van der Waals surface area contributed by atoms with E-state index in [1.165, 1.54) is 5.56 Å². The summed E-state index contributed by atoms with van der Waals surface area (Å²) in [5.74, 6) is 1.36. The maximum Gasteiger partial charge on any atom is 0.216 e. The largest absolute Gasteiger partial charge is 0.475 e. The van der Waals surface area contributed by atoms with E-state index >= 15 is 0 Å². The number of hydrogen-bond acceptors (Lipinski definition) is 2. The quantitative estimate of drug-likeness (QED) is 0.724. The predicted molar refractivity (Wildman–Crippen MR) is 62.5 cm³/mol. The Labute approximate surface area is 91.0 Å². The molecule has 0 fully saturated rings. The van der Waals surface area contributed by atoms with Crippen LogP contribution in [0.3, 0.4) is 0 Å². The molecule has 15 heavy (non-hydrogen) atoms. The highest BCUT2D eigenvalue weighted by Crippen LogP contribution is 2.17. The van der Waals surface area contributed by atoms with Gasteiger partial charge in [-0.1, -0.05) is 26.0 Å². The molecule has 80 valence electrons. The summed E-state index contributed by atoms with van der Waals surface area (Å²) in [7, 11) is 0. The number of aliphatic imine (C=N–C) groups is 1. The van der Waals surface area contributed by atoms with E-state index in [4.69, 9.17) is 4.74 Å². The van der Waals surface area contributed by atoms with Crippen molar-refractivity contribution >= 4 is 5.90 Å². The maximum absolute atomic E-state index is 5.50. The van der Waals surface area contributed by atoms with Crippen LogP contribution in [0, 0.1) is 0 Å². The maximum atomic E-state index is 5.50. The number of rotatable bonds is 2. The van der Waals surface area contributed by atoms with Gasteiger partial charge in [0, 0.05) is 5.56 Å². The van der Waals surface area contributed by atoms with Crippen LogP contribution in [0.1, 0.15) is 37.8 Å². The van der Waals surface area contributed by atoms with Crippen molar-refractivity contribution in [2.45, 2.75) is 32.7 Å². The molecule has 1 aliphatic heterocycles. The standard InChI is InChI=1S/C13H17NO/c1-9(2)11-4-6-12(7-5-11)13-14-10(3)8-15-13/h4-7,9-10H,8H2,1-3H3/t10-/m0/s1. The highest BCUT2D eigenvalue weighted by atomic mass is 16.5. The van der Waals surface area contributed by atoms with Crippen molar-refractivity contribution in [2.75, 3.05) is 6.61 Å². The second kappa shape index (κ2) is 4.05. The summed E-state index contributed by atoms with van der Waals surface area (Å²) in [6.07, 6.45) is 0. The molecule has 1 aromatic rings. The van der Waals surface area contributed by atoms with Gasteiger partial charge < -0.3 is 4.74 Å². The summed E-state index contributed by atoms with van der Waals surface area (Å²) in [6.45, 7) is 7.16. The zero-order chi connectivity index (χ0) is 10.8. The predicted octanol–water partition coefficient (Wildman–Crippen LogP) is 2.98. The van der Waals surface area contributed by atoms with E-state index in [9.17, 15) is 0 Å². The lowest BCUT2D eigenvalue weighted by Crippen LogP contribution is -2.02. The number of hydrogen-bond donors (Lipinski definition) is 0. The number of ether oxygens (including phenoxy) is 1. The average Bonchev–Trinajstić information content (AvgIpc) is 2.65. The van der Waals surface area contributed by atoms with Crippen LogP contribution in [-0.2, 0) is 4.74 Å². The summed E-state index contributed by atoms with van der Waals surface area (Å²) in [4.78, 5) is 4.43. The van der Waals surface area contributed by atoms with Crippen LogP contribution in [0.2, 0.25) is 0 Å². The Morgan fingerprint density at radius 1 is 1.27 bits per heavy atom. The molecule has 0 saturated carbocycles. The third-order valence-electron chi connectivity index (χ3n) is 2.62. The fraction of sp³-hybridized carbons (Fsp3) is 0.462. The molecule has 0 N–H and O–H groups in total. The van der Waals surface area contributed by atoms with Gasteiger partial charge in [-0.3, -0.25) is 0 Å². The number of benzene rings is 1. The molecule has 1 atom stereocenters. The lowest BCUT2D eigenvalue weighted by molar-refractivity contribution is 0.324. The van der Waals surface area contributed by atoms with Crippen molar-refractivity contribution in [1.82, 2.24) is 0 Å². The van der Waals surface area contributed by atoms with Crippen LogP contribution in [0.25, 0.3) is 0 Å². The summed E-state index contributed by atoms with van der Waals surface area (Å²) in [5, 5.41) is 0. The SMILES string of the molecule is CC(C)c1ccc(C2=N[C@@H](C)CO2)cc1. The molecule has 0 aromatic heterocycles. The summed E-state index contributed by atoms with van der Waals surface area (Å²) in [6, 6.07) is 8.77. The van der Waals surface area contributed by atoms with Gasteiger partial charge in [-0.25, -0.2) is 4.99 Å². The fourth-order valence-corrected chi connectivity index (χ4v) is 1.64. The molecule has 0 amide bonds. The zero-order valence-corrected chi connectivity index (χ0v) is 9.53. The Bertz CT molecular complexity index is 365. The minimum Gasteiger partial charge on any atom is -0.475 e. The van der Waals surface area contributed by atoms with Crippen LogP contribution >= 0.6 is 0 Å². The molecule has 1 aromatic carbocycles. The van der Waals surface area contributed by atoms with E-state index in [2.05, 4.69) is 50.0 Å². The molecule has 1 heterocycles. The first kappa shape index (κ1) is 10.2. The molecule has 0 bridgehead atoms. The lowest BCUT2D eigenvalue weighted by atomic mass is 10.0.